The molecule has 2 aromatic rings. The molecule has 5 nitrogen and oxygen atoms in total. The van der Waals surface area contributed by atoms with Gasteiger partial charge in [0.05, 0.1) is 6.54 Å². The Morgan fingerprint density at radius 2 is 1.80 bits per heavy atom. The van der Waals surface area contributed by atoms with Gasteiger partial charge >= 0.3 is 5.69 Å². The summed E-state index contributed by atoms with van der Waals surface area (Å²) in [5, 5.41) is 0. The van der Waals surface area contributed by atoms with Gasteiger partial charge in [-0.05, 0) is 19.4 Å². The Hall–Kier alpha value is -2.14. The predicted molar refractivity (Wildman–Crippen MR) is 78.8 cm³/mol. The van der Waals surface area contributed by atoms with E-state index in [0.29, 0.717) is 5.56 Å². The smallest absolute Gasteiger partial charge is 0.326 e. The Balaban J connectivity index is 2.59. The fourth-order valence-corrected chi connectivity index (χ4v) is 2.09. The molecule has 0 aliphatic rings. The quantitative estimate of drug-likeness (QED) is 0.906. The molecule has 1 aromatic heterocycles. The third-order valence-corrected chi connectivity index (χ3v) is 3.23. The lowest BCUT2D eigenvalue weighted by atomic mass is 10.2. The summed E-state index contributed by atoms with van der Waals surface area (Å²) in [5.74, 6) is 0. The molecule has 20 heavy (non-hydrogen) atoms. The maximum atomic E-state index is 12.4. The number of hydrogen-bond donors (Lipinski definition) is 1. The molecule has 0 atom stereocenters. The summed E-state index contributed by atoms with van der Waals surface area (Å²) in [6.07, 6.45) is 1.57. The van der Waals surface area contributed by atoms with Gasteiger partial charge in [0.15, 0.2) is 0 Å². The highest BCUT2D eigenvalue weighted by atomic mass is 16.2. The molecule has 0 saturated heterocycles. The molecular formula is C15H19N3O2. The summed E-state index contributed by atoms with van der Waals surface area (Å²) in [4.78, 5) is 24.7. The van der Waals surface area contributed by atoms with E-state index in [1.54, 1.807) is 10.8 Å². The highest BCUT2D eigenvalue weighted by molar-refractivity contribution is 5.16. The molecule has 2 rings (SSSR count). The molecule has 0 aliphatic heterocycles. The first-order valence-electron chi connectivity index (χ1n) is 6.63. The SMILES string of the molecule is CC(C)n1cc(CN)c(=O)n(Cc2ccccc2)c1=O. The number of benzene rings is 1. The molecule has 0 unspecified atom stereocenters. The van der Waals surface area contributed by atoms with E-state index in [1.807, 2.05) is 44.2 Å². The normalized spacial score (nSPS) is 11.0. The summed E-state index contributed by atoms with van der Waals surface area (Å²) >= 11 is 0. The average Bonchev–Trinajstić information content (AvgIpc) is 2.44. The highest BCUT2D eigenvalue weighted by Crippen LogP contribution is 2.02. The molecule has 1 heterocycles. The van der Waals surface area contributed by atoms with Crippen LogP contribution in [0, 0.1) is 0 Å². The summed E-state index contributed by atoms with van der Waals surface area (Å²) in [5.41, 5.74) is 6.36. The van der Waals surface area contributed by atoms with Crippen molar-refractivity contribution >= 4 is 0 Å². The third kappa shape index (κ3) is 2.72. The Kier molecular flexibility index (Phi) is 4.20. The van der Waals surface area contributed by atoms with E-state index in [2.05, 4.69) is 0 Å². The summed E-state index contributed by atoms with van der Waals surface area (Å²) in [7, 11) is 0. The first-order chi connectivity index (χ1) is 9.54. The largest absolute Gasteiger partial charge is 0.331 e. The van der Waals surface area contributed by atoms with Gasteiger partial charge in [0.25, 0.3) is 5.56 Å². The van der Waals surface area contributed by atoms with Gasteiger partial charge in [0, 0.05) is 24.3 Å². The number of rotatable bonds is 4. The maximum absolute atomic E-state index is 12.4. The van der Waals surface area contributed by atoms with Crippen LogP contribution in [0.2, 0.25) is 0 Å². The Morgan fingerprint density at radius 3 is 2.35 bits per heavy atom. The van der Waals surface area contributed by atoms with Crippen molar-refractivity contribution in [2.24, 2.45) is 5.73 Å². The molecular weight excluding hydrogens is 254 g/mol. The van der Waals surface area contributed by atoms with Crippen molar-refractivity contribution in [3.05, 3.63) is 68.5 Å². The van der Waals surface area contributed by atoms with Crippen LogP contribution >= 0.6 is 0 Å². The summed E-state index contributed by atoms with van der Waals surface area (Å²) in [6, 6.07) is 9.42. The second-order valence-electron chi connectivity index (χ2n) is 5.02. The number of aromatic nitrogens is 2. The molecule has 0 spiro atoms. The molecule has 1 aromatic carbocycles. The van der Waals surface area contributed by atoms with E-state index in [1.165, 1.54) is 4.57 Å². The lowest BCUT2D eigenvalue weighted by Crippen LogP contribution is -2.42. The van der Waals surface area contributed by atoms with E-state index in [9.17, 15) is 9.59 Å². The second kappa shape index (κ2) is 5.88. The monoisotopic (exact) mass is 273 g/mol. The zero-order valence-electron chi connectivity index (χ0n) is 11.7. The van der Waals surface area contributed by atoms with E-state index in [4.69, 9.17) is 5.73 Å². The van der Waals surface area contributed by atoms with Crippen LogP contribution in [0.5, 0.6) is 0 Å². The van der Waals surface area contributed by atoms with Crippen LogP contribution in [0.4, 0.5) is 0 Å². The van der Waals surface area contributed by atoms with Crippen LogP contribution in [0.25, 0.3) is 0 Å². The molecule has 0 saturated carbocycles. The van der Waals surface area contributed by atoms with Crippen LogP contribution in [0.1, 0.15) is 31.0 Å². The van der Waals surface area contributed by atoms with Crippen LogP contribution in [-0.2, 0) is 13.1 Å². The van der Waals surface area contributed by atoms with Gasteiger partial charge in [-0.1, -0.05) is 30.3 Å². The highest BCUT2D eigenvalue weighted by Gasteiger charge is 2.12. The molecule has 106 valence electrons. The van der Waals surface area contributed by atoms with Crippen LogP contribution in [-0.4, -0.2) is 9.13 Å². The van der Waals surface area contributed by atoms with E-state index >= 15 is 0 Å². The van der Waals surface area contributed by atoms with E-state index in [-0.39, 0.29) is 30.4 Å². The minimum Gasteiger partial charge on any atom is -0.326 e. The standard InChI is InChI=1S/C15H19N3O2/c1-11(2)17-10-13(8-16)14(19)18(15(17)20)9-12-6-4-3-5-7-12/h3-7,10-11H,8-9,16H2,1-2H3. The second-order valence-corrected chi connectivity index (χ2v) is 5.02. The van der Waals surface area contributed by atoms with E-state index < -0.39 is 0 Å². The number of hydrogen-bond acceptors (Lipinski definition) is 3. The number of nitrogens with two attached hydrogens (primary N) is 1. The maximum Gasteiger partial charge on any atom is 0.331 e. The van der Waals surface area contributed by atoms with E-state index in [0.717, 1.165) is 5.56 Å². The van der Waals surface area contributed by atoms with Gasteiger partial charge < -0.3 is 5.73 Å². The van der Waals surface area contributed by atoms with Crippen molar-refractivity contribution in [3.63, 3.8) is 0 Å². The minimum absolute atomic E-state index is 0.0181. The van der Waals surface area contributed by atoms with Crippen molar-refractivity contribution in [1.29, 1.82) is 0 Å². The van der Waals surface area contributed by atoms with Gasteiger partial charge in [-0.25, -0.2) is 4.79 Å². The minimum atomic E-state index is -0.307. The van der Waals surface area contributed by atoms with Crippen molar-refractivity contribution < 1.29 is 0 Å². The molecule has 0 fully saturated rings. The first-order valence-corrected chi connectivity index (χ1v) is 6.63. The van der Waals surface area contributed by atoms with Crippen LogP contribution < -0.4 is 17.0 Å². The lowest BCUT2D eigenvalue weighted by Gasteiger charge is -2.15. The average molecular weight is 273 g/mol. The summed E-state index contributed by atoms with van der Waals surface area (Å²) in [6.45, 7) is 4.19. The molecule has 2 N–H and O–H groups in total. The van der Waals surface area contributed by atoms with Crippen molar-refractivity contribution in [1.82, 2.24) is 9.13 Å². The molecule has 0 radical (unpaired) electrons. The molecule has 0 bridgehead atoms. The summed E-state index contributed by atoms with van der Waals surface area (Å²) < 4.78 is 2.80. The van der Waals surface area contributed by atoms with Gasteiger partial charge in [0.2, 0.25) is 0 Å². The molecule has 5 heteroatoms. The van der Waals surface area contributed by atoms with Gasteiger partial charge in [0.1, 0.15) is 0 Å². The van der Waals surface area contributed by atoms with Crippen molar-refractivity contribution in [2.75, 3.05) is 0 Å². The van der Waals surface area contributed by atoms with Crippen LogP contribution in [0.3, 0.4) is 0 Å². The third-order valence-electron chi connectivity index (χ3n) is 3.23. The van der Waals surface area contributed by atoms with Crippen molar-refractivity contribution in [3.8, 4) is 0 Å². The topological polar surface area (TPSA) is 70.0 Å². The Bertz CT molecular complexity index is 699. The fourth-order valence-electron chi connectivity index (χ4n) is 2.09. The van der Waals surface area contributed by atoms with Gasteiger partial charge in [-0.3, -0.25) is 13.9 Å². The molecule has 0 aliphatic carbocycles. The predicted octanol–water partition coefficient (Wildman–Crippen LogP) is 1.10. The fraction of sp³-hybridized carbons (Fsp3) is 0.333. The van der Waals surface area contributed by atoms with Gasteiger partial charge in [-0.2, -0.15) is 0 Å². The molecule has 0 amide bonds. The Morgan fingerprint density at radius 1 is 1.15 bits per heavy atom. The number of nitrogens with zero attached hydrogens (tertiary/aromatic N) is 2. The zero-order chi connectivity index (χ0) is 14.7. The first kappa shape index (κ1) is 14.3. The zero-order valence-corrected chi connectivity index (χ0v) is 11.7. The Labute approximate surface area is 117 Å². The van der Waals surface area contributed by atoms with Gasteiger partial charge in [-0.15, -0.1) is 0 Å². The van der Waals surface area contributed by atoms with Crippen LogP contribution in [0.15, 0.2) is 46.1 Å². The lowest BCUT2D eigenvalue weighted by molar-refractivity contribution is 0.514. The van der Waals surface area contributed by atoms with Crippen molar-refractivity contribution in [2.45, 2.75) is 33.0 Å².